The predicted molar refractivity (Wildman–Crippen MR) is 128 cm³/mol. The van der Waals surface area contributed by atoms with Crippen LogP contribution in [-0.2, 0) is 6.54 Å². The average molecular weight is 500 g/mol. The molecule has 2 aromatic carbocycles. The van der Waals surface area contributed by atoms with E-state index in [0.29, 0.717) is 16.5 Å². The number of aliphatic imine (C=N–C) groups is 1. The standard InChI is InChI=1S/C22H21ClF3N3OS2/c1-15-3-7-18(8-4-15)29-14-32-20(27-13-22(24,25)26)28(21(29)30)11-17-5-9-19(10-6-17)31-12-16(2)23/h3-10H,2,11-14H2,1H3. The number of amides is 2. The van der Waals surface area contributed by atoms with Gasteiger partial charge in [-0.25, -0.2) is 4.79 Å². The number of alkyl halides is 3. The summed E-state index contributed by atoms with van der Waals surface area (Å²) in [6.45, 7) is 4.37. The summed E-state index contributed by atoms with van der Waals surface area (Å²) in [5.41, 5.74) is 2.50. The molecule has 0 atom stereocenters. The van der Waals surface area contributed by atoms with Gasteiger partial charge in [-0.05, 0) is 36.8 Å². The topological polar surface area (TPSA) is 35.9 Å². The van der Waals surface area contributed by atoms with Crippen LogP contribution in [0.5, 0.6) is 0 Å². The second kappa shape index (κ2) is 10.7. The van der Waals surface area contributed by atoms with Crippen molar-refractivity contribution in [1.29, 1.82) is 0 Å². The molecule has 1 aliphatic rings. The molecule has 0 N–H and O–H groups in total. The van der Waals surface area contributed by atoms with Gasteiger partial charge < -0.3 is 0 Å². The van der Waals surface area contributed by atoms with E-state index in [2.05, 4.69) is 11.6 Å². The van der Waals surface area contributed by atoms with Crippen LogP contribution in [0.3, 0.4) is 0 Å². The first kappa shape index (κ1) is 24.5. The first-order chi connectivity index (χ1) is 15.1. The van der Waals surface area contributed by atoms with E-state index < -0.39 is 18.8 Å². The number of nitrogens with zero attached hydrogens (tertiary/aromatic N) is 3. The van der Waals surface area contributed by atoms with Crippen LogP contribution in [0.4, 0.5) is 23.7 Å². The van der Waals surface area contributed by atoms with Gasteiger partial charge in [0.25, 0.3) is 0 Å². The van der Waals surface area contributed by atoms with Crippen molar-refractivity contribution in [3.8, 4) is 0 Å². The van der Waals surface area contributed by atoms with Gasteiger partial charge in [0.15, 0.2) is 5.17 Å². The highest BCUT2D eigenvalue weighted by Gasteiger charge is 2.34. The van der Waals surface area contributed by atoms with Gasteiger partial charge in [0, 0.05) is 21.4 Å². The number of amidine groups is 1. The summed E-state index contributed by atoms with van der Waals surface area (Å²) >= 11 is 8.42. The van der Waals surface area contributed by atoms with E-state index in [1.807, 2.05) is 55.5 Å². The number of benzene rings is 2. The maximum atomic E-state index is 13.2. The van der Waals surface area contributed by atoms with Gasteiger partial charge in [-0.1, -0.05) is 59.8 Å². The van der Waals surface area contributed by atoms with Crippen LogP contribution in [-0.4, -0.2) is 40.4 Å². The Morgan fingerprint density at radius 3 is 2.44 bits per heavy atom. The largest absolute Gasteiger partial charge is 0.408 e. The Kier molecular flexibility index (Phi) is 8.19. The molecule has 1 fully saturated rings. The molecule has 4 nitrogen and oxygen atoms in total. The zero-order valence-electron chi connectivity index (χ0n) is 17.2. The number of thioether (sulfide) groups is 2. The number of aryl methyl sites for hydroxylation is 1. The van der Waals surface area contributed by atoms with Crippen molar-refractivity contribution in [1.82, 2.24) is 4.90 Å². The molecule has 1 saturated heterocycles. The second-order valence-electron chi connectivity index (χ2n) is 7.07. The maximum absolute atomic E-state index is 13.2. The van der Waals surface area contributed by atoms with Gasteiger partial charge in [0.1, 0.15) is 6.54 Å². The molecular formula is C22H21ClF3N3OS2. The van der Waals surface area contributed by atoms with Crippen molar-refractivity contribution >= 4 is 52.0 Å². The van der Waals surface area contributed by atoms with E-state index in [9.17, 15) is 18.0 Å². The Hall–Kier alpha value is -2.10. The van der Waals surface area contributed by atoms with Crippen molar-refractivity contribution < 1.29 is 18.0 Å². The molecule has 0 unspecified atom stereocenters. The smallest absolute Gasteiger partial charge is 0.284 e. The van der Waals surface area contributed by atoms with Crippen LogP contribution in [0.25, 0.3) is 0 Å². The van der Waals surface area contributed by atoms with Crippen LogP contribution < -0.4 is 4.90 Å². The lowest BCUT2D eigenvalue weighted by Crippen LogP contribution is -2.50. The Morgan fingerprint density at radius 1 is 1.19 bits per heavy atom. The summed E-state index contributed by atoms with van der Waals surface area (Å²) < 4.78 is 38.3. The van der Waals surface area contributed by atoms with Gasteiger partial charge in [0.2, 0.25) is 0 Å². The summed E-state index contributed by atoms with van der Waals surface area (Å²) in [5.74, 6) is 0.759. The summed E-state index contributed by atoms with van der Waals surface area (Å²) in [5, 5.41) is 0.601. The molecule has 0 saturated carbocycles. The van der Waals surface area contributed by atoms with Crippen molar-refractivity contribution in [2.24, 2.45) is 4.99 Å². The van der Waals surface area contributed by atoms with E-state index >= 15 is 0 Å². The minimum absolute atomic E-state index is 0.0626. The molecule has 32 heavy (non-hydrogen) atoms. The summed E-state index contributed by atoms with van der Waals surface area (Å²) in [4.78, 5) is 20.7. The molecule has 170 valence electrons. The number of anilines is 1. The summed E-state index contributed by atoms with van der Waals surface area (Å²) in [6, 6.07) is 14.4. The minimum Gasteiger partial charge on any atom is -0.284 e. The van der Waals surface area contributed by atoms with Crippen LogP contribution in [0, 0.1) is 6.92 Å². The molecule has 0 radical (unpaired) electrons. The quantitative estimate of drug-likeness (QED) is 0.389. The number of carbonyl (C=O) groups excluding carboxylic acids is 1. The third kappa shape index (κ3) is 6.95. The molecule has 0 bridgehead atoms. The Morgan fingerprint density at radius 2 is 1.84 bits per heavy atom. The van der Waals surface area contributed by atoms with Crippen LogP contribution in [0.1, 0.15) is 11.1 Å². The molecule has 3 rings (SSSR count). The molecular weight excluding hydrogens is 479 g/mol. The first-order valence-electron chi connectivity index (χ1n) is 9.57. The van der Waals surface area contributed by atoms with E-state index in [1.54, 1.807) is 0 Å². The Balaban J connectivity index is 1.82. The monoisotopic (exact) mass is 499 g/mol. The molecule has 1 heterocycles. The third-order valence-electron chi connectivity index (χ3n) is 4.41. The fourth-order valence-electron chi connectivity index (χ4n) is 2.85. The van der Waals surface area contributed by atoms with E-state index in [4.69, 9.17) is 11.6 Å². The summed E-state index contributed by atoms with van der Waals surface area (Å²) in [6.07, 6.45) is -4.44. The predicted octanol–water partition coefficient (Wildman–Crippen LogP) is 6.89. The highest BCUT2D eigenvalue weighted by Crippen LogP contribution is 2.29. The third-order valence-corrected chi connectivity index (χ3v) is 6.80. The van der Waals surface area contributed by atoms with Crippen molar-refractivity contribution in [2.75, 3.05) is 23.1 Å². The zero-order chi connectivity index (χ0) is 23.3. The SMILES string of the molecule is C=C(Cl)CSc1ccc(CN2C(=O)N(c3ccc(C)cc3)CSC2=NCC(F)(F)F)cc1. The zero-order valence-corrected chi connectivity index (χ0v) is 19.6. The lowest BCUT2D eigenvalue weighted by atomic mass is 10.2. The molecule has 1 aliphatic heterocycles. The van der Waals surface area contributed by atoms with Gasteiger partial charge in [-0.2, -0.15) is 13.2 Å². The number of urea groups is 1. The second-order valence-corrected chi connectivity index (χ2v) is 9.56. The highest BCUT2D eigenvalue weighted by atomic mass is 35.5. The Labute approximate surface area is 198 Å². The number of rotatable bonds is 7. The fourth-order valence-corrected chi connectivity index (χ4v) is 4.63. The normalized spacial score (nSPS) is 16.0. The highest BCUT2D eigenvalue weighted by molar-refractivity contribution is 8.14. The van der Waals surface area contributed by atoms with Gasteiger partial charge >= 0.3 is 12.2 Å². The number of halogens is 4. The first-order valence-corrected chi connectivity index (χ1v) is 11.9. The molecule has 0 spiro atoms. The molecule has 2 aromatic rings. The fraction of sp³-hybridized carbons (Fsp3) is 0.273. The van der Waals surface area contributed by atoms with Crippen LogP contribution >= 0.6 is 35.1 Å². The molecule has 2 amide bonds. The van der Waals surface area contributed by atoms with Crippen LogP contribution in [0.15, 0.2) is 70.0 Å². The number of hydrogen-bond donors (Lipinski definition) is 0. The minimum atomic E-state index is -4.44. The maximum Gasteiger partial charge on any atom is 0.408 e. The lowest BCUT2D eigenvalue weighted by molar-refractivity contribution is -0.118. The van der Waals surface area contributed by atoms with Gasteiger partial charge in [0.05, 0.1) is 12.4 Å². The molecule has 10 heteroatoms. The lowest BCUT2D eigenvalue weighted by Gasteiger charge is -2.36. The molecule has 0 aliphatic carbocycles. The Bertz CT molecular complexity index is 995. The van der Waals surface area contributed by atoms with Crippen LogP contribution in [0.2, 0.25) is 0 Å². The van der Waals surface area contributed by atoms with E-state index in [0.717, 1.165) is 27.8 Å². The van der Waals surface area contributed by atoms with Crippen molar-refractivity contribution in [2.45, 2.75) is 24.5 Å². The average Bonchev–Trinajstić information content (AvgIpc) is 2.74. The van der Waals surface area contributed by atoms with Gasteiger partial charge in [-0.3, -0.25) is 14.8 Å². The number of carbonyl (C=O) groups is 1. The van der Waals surface area contributed by atoms with E-state index in [1.165, 1.54) is 21.6 Å². The molecule has 0 aromatic heterocycles. The summed E-state index contributed by atoms with van der Waals surface area (Å²) in [7, 11) is 0. The number of hydrogen-bond acceptors (Lipinski definition) is 4. The van der Waals surface area contributed by atoms with E-state index in [-0.39, 0.29) is 17.6 Å². The van der Waals surface area contributed by atoms with Gasteiger partial charge in [-0.15, -0.1) is 11.8 Å². The van der Waals surface area contributed by atoms with Crippen molar-refractivity contribution in [3.63, 3.8) is 0 Å². The van der Waals surface area contributed by atoms with Crippen molar-refractivity contribution in [3.05, 3.63) is 71.3 Å².